The Hall–Kier alpha value is -0.770. The molecule has 0 saturated carbocycles. The van der Waals surface area contributed by atoms with Crippen LogP contribution in [-0.2, 0) is 9.47 Å². The van der Waals surface area contributed by atoms with Gasteiger partial charge >= 0.3 is 6.09 Å². The van der Waals surface area contributed by atoms with Gasteiger partial charge in [0.1, 0.15) is 12.2 Å². The van der Waals surface area contributed by atoms with Crippen molar-refractivity contribution in [2.24, 2.45) is 5.73 Å². The topological polar surface area (TPSA) is 64.8 Å². The lowest BCUT2D eigenvalue weighted by Gasteiger charge is -2.05. The molecule has 0 bridgehead atoms. The number of nitrogens with two attached hydrogens (primary N) is 1. The van der Waals surface area contributed by atoms with Crippen molar-refractivity contribution in [1.29, 1.82) is 0 Å². The molecule has 0 aromatic rings. The highest BCUT2D eigenvalue weighted by Gasteiger charge is 2.31. The molecule has 1 fully saturated rings. The smallest absolute Gasteiger partial charge is 0.404 e. The second-order valence-electron chi connectivity index (χ2n) is 2.01. The van der Waals surface area contributed by atoms with Gasteiger partial charge in [-0.25, -0.2) is 4.79 Å². The number of carbonyl (C=O) groups excluding carboxylic acids is 1. The zero-order valence-corrected chi connectivity index (χ0v) is 5.16. The van der Waals surface area contributed by atoms with Gasteiger partial charge in [0.15, 0.2) is 0 Å². The summed E-state index contributed by atoms with van der Waals surface area (Å²) in [6.45, 7) is 2.43. The maximum absolute atomic E-state index is 10.1. The molecule has 1 heterocycles. The minimum absolute atomic E-state index is 0.0810. The minimum atomic E-state index is -0.738. The second kappa shape index (κ2) is 2.23. The summed E-state index contributed by atoms with van der Waals surface area (Å²) in [5.41, 5.74) is 4.74. The Morgan fingerprint density at radius 2 is 2.56 bits per heavy atom. The number of carbonyl (C=O) groups is 1. The average molecular weight is 131 g/mol. The van der Waals surface area contributed by atoms with Gasteiger partial charge in [-0.15, -0.1) is 0 Å². The molecule has 4 heteroatoms. The van der Waals surface area contributed by atoms with Crippen LogP contribution < -0.4 is 5.73 Å². The number of amides is 1. The molecule has 4 nitrogen and oxygen atoms in total. The van der Waals surface area contributed by atoms with E-state index < -0.39 is 6.09 Å². The van der Waals surface area contributed by atoms with Crippen LogP contribution in [0, 0.1) is 0 Å². The SMILES string of the molecule is C[C@H](OC(N)=O)C1CO1. The van der Waals surface area contributed by atoms with Crippen LogP contribution in [0.2, 0.25) is 0 Å². The van der Waals surface area contributed by atoms with Gasteiger partial charge in [-0.05, 0) is 6.92 Å². The fourth-order valence-electron chi connectivity index (χ4n) is 0.586. The Bertz CT molecular complexity index is 121. The van der Waals surface area contributed by atoms with Crippen LogP contribution in [0.4, 0.5) is 4.79 Å². The number of hydrogen-bond donors (Lipinski definition) is 1. The normalized spacial score (nSPS) is 27.0. The fraction of sp³-hybridized carbons (Fsp3) is 0.800. The monoisotopic (exact) mass is 131 g/mol. The van der Waals surface area contributed by atoms with E-state index >= 15 is 0 Å². The second-order valence-corrected chi connectivity index (χ2v) is 2.01. The zero-order chi connectivity index (χ0) is 6.85. The summed E-state index contributed by atoms with van der Waals surface area (Å²) in [4.78, 5) is 10.1. The molecule has 9 heavy (non-hydrogen) atoms. The molecule has 1 rings (SSSR count). The van der Waals surface area contributed by atoms with E-state index in [2.05, 4.69) is 4.74 Å². The van der Waals surface area contributed by atoms with E-state index in [1.807, 2.05) is 0 Å². The molecule has 1 aliphatic rings. The molecular formula is C5H9NO3. The molecule has 1 aliphatic heterocycles. The molecule has 0 aliphatic carbocycles. The highest BCUT2D eigenvalue weighted by atomic mass is 16.6. The summed E-state index contributed by atoms with van der Waals surface area (Å²) in [6.07, 6.45) is -0.849. The lowest BCUT2D eigenvalue weighted by molar-refractivity contribution is 0.0974. The van der Waals surface area contributed by atoms with Gasteiger partial charge in [0.2, 0.25) is 0 Å². The van der Waals surface area contributed by atoms with Crippen molar-refractivity contribution in [3.63, 3.8) is 0 Å². The summed E-state index contributed by atoms with van der Waals surface area (Å²) in [5, 5.41) is 0. The summed E-state index contributed by atoms with van der Waals surface area (Å²) < 4.78 is 9.43. The maximum Gasteiger partial charge on any atom is 0.404 e. The van der Waals surface area contributed by atoms with E-state index in [9.17, 15) is 4.79 Å². The van der Waals surface area contributed by atoms with Gasteiger partial charge < -0.3 is 15.2 Å². The van der Waals surface area contributed by atoms with Crippen LogP contribution in [-0.4, -0.2) is 24.9 Å². The molecule has 1 amide bonds. The van der Waals surface area contributed by atoms with Crippen molar-refractivity contribution in [2.45, 2.75) is 19.1 Å². The quantitative estimate of drug-likeness (QED) is 0.531. The summed E-state index contributed by atoms with van der Waals surface area (Å²) in [7, 11) is 0. The predicted octanol–water partition coefficient (Wildman–Crippen LogP) is -0.131. The molecule has 1 unspecified atom stereocenters. The first-order valence-corrected chi connectivity index (χ1v) is 2.78. The van der Waals surface area contributed by atoms with Crippen molar-refractivity contribution in [2.75, 3.05) is 6.61 Å². The van der Waals surface area contributed by atoms with Crippen LogP contribution in [0.25, 0.3) is 0 Å². The molecule has 1 saturated heterocycles. The Kier molecular flexibility index (Phi) is 1.57. The van der Waals surface area contributed by atoms with Crippen LogP contribution in [0.5, 0.6) is 0 Å². The third-order valence-electron chi connectivity index (χ3n) is 1.18. The highest BCUT2D eigenvalue weighted by Crippen LogP contribution is 2.15. The lowest BCUT2D eigenvalue weighted by atomic mass is 10.3. The molecular weight excluding hydrogens is 122 g/mol. The highest BCUT2D eigenvalue weighted by molar-refractivity contribution is 5.64. The predicted molar refractivity (Wildman–Crippen MR) is 29.9 cm³/mol. The Labute approximate surface area is 52.9 Å². The van der Waals surface area contributed by atoms with Crippen molar-refractivity contribution in [3.8, 4) is 0 Å². The van der Waals surface area contributed by atoms with E-state index in [1.54, 1.807) is 6.92 Å². The first-order chi connectivity index (χ1) is 4.20. The van der Waals surface area contributed by atoms with Gasteiger partial charge in [-0.3, -0.25) is 0 Å². The maximum atomic E-state index is 10.1. The van der Waals surface area contributed by atoms with E-state index in [4.69, 9.17) is 10.5 Å². The average Bonchev–Trinajstić information content (AvgIpc) is 2.40. The number of epoxide rings is 1. The van der Waals surface area contributed by atoms with Gasteiger partial charge in [0, 0.05) is 0 Å². The van der Waals surface area contributed by atoms with Gasteiger partial charge in [0.05, 0.1) is 6.61 Å². The number of hydrogen-bond acceptors (Lipinski definition) is 3. The van der Waals surface area contributed by atoms with Gasteiger partial charge in [-0.2, -0.15) is 0 Å². The molecule has 0 aromatic carbocycles. The lowest BCUT2D eigenvalue weighted by Crippen LogP contribution is -2.24. The molecule has 0 spiro atoms. The first kappa shape index (κ1) is 6.35. The van der Waals surface area contributed by atoms with Crippen molar-refractivity contribution in [3.05, 3.63) is 0 Å². The zero-order valence-electron chi connectivity index (χ0n) is 5.16. The van der Waals surface area contributed by atoms with Crippen LogP contribution in [0.15, 0.2) is 0 Å². The minimum Gasteiger partial charge on any atom is -0.444 e. The van der Waals surface area contributed by atoms with E-state index in [0.29, 0.717) is 6.61 Å². The van der Waals surface area contributed by atoms with Gasteiger partial charge in [0.25, 0.3) is 0 Å². The number of primary amides is 1. The Morgan fingerprint density at radius 3 is 2.89 bits per heavy atom. The third-order valence-corrected chi connectivity index (χ3v) is 1.18. The standard InChI is InChI=1S/C5H9NO3/c1-3(4-2-8-4)9-5(6)7/h3-4H,2H2,1H3,(H2,6,7)/t3-,4?/m0/s1. The number of ether oxygens (including phenoxy) is 2. The summed E-state index contributed by atoms with van der Waals surface area (Å²) >= 11 is 0. The van der Waals surface area contributed by atoms with Crippen LogP contribution in [0.1, 0.15) is 6.92 Å². The molecule has 52 valence electrons. The largest absolute Gasteiger partial charge is 0.444 e. The van der Waals surface area contributed by atoms with Crippen molar-refractivity contribution >= 4 is 6.09 Å². The first-order valence-electron chi connectivity index (χ1n) is 2.78. The van der Waals surface area contributed by atoms with Crippen LogP contribution in [0.3, 0.4) is 0 Å². The molecule has 0 radical (unpaired) electrons. The van der Waals surface area contributed by atoms with Crippen molar-refractivity contribution in [1.82, 2.24) is 0 Å². The van der Waals surface area contributed by atoms with E-state index in [1.165, 1.54) is 0 Å². The molecule has 0 aromatic heterocycles. The summed E-state index contributed by atoms with van der Waals surface area (Å²) in [6, 6.07) is 0. The van der Waals surface area contributed by atoms with Crippen molar-refractivity contribution < 1.29 is 14.3 Å². The molecule has 2 N–H and O–H groups in total. The van der Waals surface area contributed by atoms with Crippen LogP contribution >= 0.6 is 0 Å². The third kappa shape index (κ3) is 1.89. The Morgan fingerprint density at radius 1 is 2.00 bits per heavy atom. The van der Waals surface area contributed by atoms with Gasteiger partial charge in [-0.1, -0.05) is 0 Å². The van der Waals surface area contributed by atoms with E-state index in [0.717, 1.165) is 0 Å². The van der Waals surface area contributed by atoms with E-state index in [-0.39, 0.29) is 12.2 Å². The number of rotatable bonds is 2. The summed E-state index contributed by atoms with van der Waals surface area (Å²) in [5.74, 6) is 0. The molecule has 2 atom stereocenters. The fourth-order valence-corrected chi connectivity index (χ4v) is 0.586. The Balaban J connectivity index is 2.17.